The summed E-state index contributed by atoms with van der Waals surface area (Å²) < 4.78 is 172. The first kappa shape index (κ1) is 64.7. The van der Waals surface area contributed by atoms with Crippen LogP contribution >= 0.6 is 0 Å². The SMILES string of the molecule is COC(=O)C[C@H](C(N)=O)C(C)(C)C(F)(F)F.COC(=O)N[C@H](C(=O)N[C@@H](Cc1ccc(C#Cc2ccc(N3CC4CCC(C3)N4CC(F)F)nc2)cc1)[C@@H](O)CNCc1c(F)cc(-c2ccn(C(F)F)n2)cc1F)C(C)(C)C(F)(F)F. The summed E-state index contributed by atoms with van der Waals surface area (Å²) in [5.41, 5.74) is 0.611. The second-order valence-electron chi connectivity index (χ2n) is 20.4. The number of pyridine rings is 1. The Balaban J connectivity index is 0.000000652. The van der Waals surface area contributed by atoms with E-state index in [0.29, 0.717) is 48.3 Å². The van der Waals surface area contributed by atoms with E-state index in [1.54, 1.807) is 36.5 Å². The normalized spacial score (nSPS) is 17.3. The number of piperazine rings is 1. The zero-order valence-corrected chi connectivity index (χ0v) is 44.6. The number of halogens is 12. The number of esters is 1. The molecular weight excluding hydrogens is 1100 g/mol. The number of ether oxygens (including phenoxy) is 2. The van der Waals surface area contributed by atoms with Crippen molar-refractivity contribution >= 4 is 29.7 Å². The third-order valence-electron chi connectivity index (χ3n) is 14.2. The van der Waals surface area contributed by atoms with E-state index in [-0.39, 0.29) is 36.3 Å². The number of nitrogens with zero attached hydrogens (tertiary/aromatic N) is 5. The zero-order valence-electron chi connectivity index (χ0n) is 44.6. The minimum absolute atomic E-state index is 0.0394. The molecule has 0 spiro atoms. The quantitative estimate of drug-likeness (QED) is 0.0329. The molecule has 2 aliphatic heterocycles. The number of fused-ring (bicyclic) bond motifs is 2. The highest BCUT2D eigenvalue weighted by Gasteiger charge is 2.56. The van der Waals surface area contributed by atoms with Crippen LogP contribution in [0.1, 0.15) is 75.8 Å². The summed E-state index contributed by atoms with van der Waals surface area (Å²) in [5.74, 6) is -0.389. The van der Waals surface area contributed by atoms with Crippen LogP contribution in [-0.2, 0) is 36.8 Å². The Bertz CT molecular complexity index is 2820. The Morgan fingerprint density at radius 1 is 0.815 bits per heavy atom. The van der Waals surface area contributed by atoms with Crippen LogP contribution in [0, 0.1) is 40.2 Å². The maximum atomic E-state index is 15.1. The number of aliphatic hydroxyl groups excluding tert-OH is 1. The van der Waals surface area contributed by atoms with Gasteiger partial charge in [0.05, 0.1) is 61.8 Å². The molecule has 2 bridgehead atoms. The molecule has 2 unspecified atom stereocenters. The number of aliphatic hydroxyl groups is 1. The highest BCUT2D eigenvalue weighted by atomic mass is 19.4. The molecule has 81 heavy (non-hydrogen) atoms. The Morgan fingerprint density at radius 3 is 1.89 bits per heavy atom. The Hall–Kier alpha value is -7.12. The van der Waals surface area contributed by atoms with Gasteiger partial charge in [-0.25, -0.2) is 32.0 Å². The number of aromatic nitrogens is 3. The van der Waals surface area contributed by atoms with Gasteiger partial charge in [-0.3, -0.25) is 19.3 Å². The van der Waals surface area contributed by atoms with Crippen molar-refractivity contribution in [2.45, 2.75) is 116 Å². The lowest BCUT2D eigenvalue weighted by Gasteiger charge is -2.41. The minimum Gasteiger partial charge on any atom is -0.469 e. The molecule has 6 atom stereocenters. The molecule has 2 saturated heterocycles. The fraction of sp³-hybridized carbons (Fsp3) is 0.509. The van der Waals surface area contributed by atoms with Crippen LogP contribution in [-0.4, -0.2) is 138 Å². The predicted octanol–water partition coefficient (Wildman–Crippen LogP) is 7.67. The van der Waals surface area contributed by atoms with Crippen molar-refractivity contribution in [1.82, 2.24) is 35.6 Å². The number of benzene rings is 2. The highest BCUT2D eigenvalue weighted by molar-refractivity contribution is 5.87. The second-order valence-corrected chi connectivity index (χ2v) is 20.4. The van der Waals surface area contributed by atoms with E-state index >= 15 is 8.78 Å². The van der Waals surface area contributed by atoms with Crippen LogP contribution in [0.25, 0.3) is 11.3 Å². The van der Waals surface area contributed by atoms with Gasteiger partial charge in [-0.05, 0) is 81.1 Å². The fourth-order valence-electron chi connectivity index (χ4n) is 9.03. The third kappa shape index (κ3) is 16.7. The van der Waals surface area contributed by atoms with Crippen LogP contribution in [0.15, 0.2) is 67.0 Å². The van der Waals surface area contributed by atoms with Crippen molar-refractivity contribution in [3.63, 3.8) is 0 Å². The molecule has 0 saturated carbocycles. The van der Waals surface area contributed by atoms with Gasteiger partial charge in [0, 0.05) is 72.9 Å². The van der Waals surface area contributed by atoms with Gasteiger partial charge in [0.25, 0.3) is 6.43 Å². The third-order valence-corrected chi connectivity index (χ3v) is 14.2. The number of carbonyl (C=O) groups excluding carboxylic acids is 4. The number of nitrogens with two attached hydrogens (primary N) is 1. The van der Waals surface area contributed by atoms with Crippen LogP contribution in [0.5, 0.6) is 0 Å². The summed E-state index contributed by atoms with van der Waals surface area (Å²) in [4.78, 5) is 56.1. The molecule has 6 rings (SSSR count). The average Bonchev–Trinajstić information content (AvgIpc) is 3.97. The van der Waals surface area contributed by atoms with E-state index in [1.807, 2.05) is 16.3 Å². The standard InChI is InChI=1S/C44H47F9N8O4.C9H14F3NO3/c1-43(2,44(51,52)53)39(57-42(64)65-3)40(63)56-35(36(62)21-54-20-31-32(45)17-28(18-33(31)46)34-14-15-61(58-34)41(49)50)16-26-7-4-25(5-8-26)6-9-27-10-13-38(55-19-27)59-22-29-11-12-30(23-59)60(29)24-37(47)48;1-8(2,9(10,11)12)5(7(13)15)4-6(14)16-3/h4-5,7-8,10,13-15,17-19,29-30,35-37,39,41,54,62H,11-12,16,20-24H2,1-3H3,(H,56,63)(H,57,64);5H,4H2,1-3H3,(H2,13,15)/t29?,30?,35-,36-,39+;5-/m01/s1. The lowest BCUT2D eigenvalue weighted by molar-refractivity contribution is -0.229. The molecule has 444 valence electrons. The number of nitrogens with one attached hydrogen (secondary N) is 3. The Labute approximate surface area is 458 Å². The van der Waals surface area contributed by atoms with Gasteiger partial charge in [-0.15, -0.1) is 0 Å². The number of hydrogen-bond donors (Lipinski definition) is 5. The van der Waals surface area contributed by atoms with E-state index < -0.39 is 121 Å². The summed E-state index contributed by atoms with van der Waals surface area (Å²) in [6, 6.07) is 9.60. The van der Waals surface area contributed by atoms with Crippen LogP contribution in [0.4, 0.5) is 63.3 Å². The monoisotopic (exact) mass is 1160 g/mol. The predicted molar refractivity (Wildman–Crippen MR) is 269 cm³/mol. The van der Waals surface area contributed by atoms with Gasteiger partial charge >= 0.3 is 31.0 Å². The van der Waals surface area contributed by atoms with E-state index in [4.69, 9.17) is 5.73 Å². The molecule has 2 aromatic heterocycles. The van der Waals surface area contributed by atoms with Crippen LogP contribution in [0.3, 0.4) is 0 Å². The summed E-state index contributed by atoms with van der Waals surface area (Å²) in [6.07, 6.45) is -11.5. The molecule has 6 N–H and O–H groups in total. The highest BCUT2D eigenvalue weighted by Crippen LogP contribution is 2.45. The number of alkyl carbamates (subject to hydrolysis) is 1. The van der Waals surface area contributed by atoms with E-state index in [9.17, 15) is 68.2 Å². The fourth-order valence-corrected chi connectivity index (χ4v) is 9.03. The van der Waals surface area contributed by atoms with E-state index in [2.05, 4.69) is 46.9 Å². The summed E-state index contributed by atoms with van der Waals surface area (Å²) in [5, 5.41) is 22.0. The van der Waals surface area contributed by atoms with Crippen molar-refractivity contribution in [1.29, 1.82) is 0 Å². The molecular formula is C53H61F12N9O7. The average molecular weight is 1160 g/mol. The molecule has 2 aliphatic rings. The zero-order chi connectivity index (χ0) is 60.4. The van der Waals surface area contributed by atoms with Gasteiger partial charge in [0.1, 0.15) is 23.5 Å². The first-order valence-electron chi connectivity index (χ1n) is 25.0. The minimum atomic E-state index is -5.00. The largest absolute Gasteiger partial charge is 0.469 e. The molecule has 0 radical (unpaired) electrons. The number of hydrogen-bond acceptors (Lipinski definition) is 12. The second kappa shape index (κ2) is 27.1. The number of carbonyl (C=O) groups is 4. The lowest BCUT2D eigenvalue weighted by Crippen LogP contribution is -2.62. The first-order valence-corrected chi connectivity index (χ1v) is 25.0. The molecule has 4 heterocycles. The van der Waals surface area contributed by atoms with Crippen molar-refractivity contribution in [3.05, 3.63) is 101 Å². The number of methoxy groups -OCH3 is 2. The molecule has 4 aromatic rings. The number of primary amides is 1. The maximum Gasteiger partial charge on any atom is 0.407 e. The van der Waals surface area contributed by atoms with Gasteiger partial charge in [-0.2, -0.15) is 40.2 Å². The first-order chi connectivity index (χ1) is 37.8. The number of amides is 3. The molecule has 2 aromatic carbocycles. The van der Waals surface area contributed by atoms with Gasteiger partial charge in [0.15, 0.2) is 0 Å². The van der Waals surface area contributed by atoms with Crippen molar-refractivity contribution in [2.75, 3.05) is 45.3 Å². The van der Waals surface area contributed by atoms with Crippen molar-refractivity contribution < 1.29 is 86.4 Å². The van der Waals surface area contributed by atoms with Gasteiger partial charge in [0.2, 0.25) is 11.8 Å². The number of rotatable bonds is 20. The lowest BCUT2D eigenvalue weighted by atomic mass is 9.76. The maximum absolute atomic E-state index is 15.1. The van der Waals surface area contributed by atoms with E-state index in [0.717, 1.165) is 71.1 Å². The topological polar surface area (TPSA) is 206 Å². The molecule has 3 amide bonds. The molecule has 28 heteroatoms. The summed E-state index contributed by atoms with van der Waals surface area (Å²) in [7, 11) is 1.93. The summed E-state index contributed by atoms with van der Waals surface area (Å²) >= 11 is 0. The number of anilines is 1. The summed E-state index contributed by atoms with van der Waals surface area (Å²) in [6.45, 7) is 0.0862. The van der Waals surface area contributed by atoms with Crippen LogP contribution < -0.4 is 26.6 Å². The van der Waals surface area contributed by atoms with Gasteiger partial charge in [-0.1, -0.05) is 37.8 Å². The molecule has 16 nitrogen and oxygen atoms in total. The van der Waals surface area contributed by atoms with Gasteiger partial charge < -0.3 is 41.2 Å². The number of alkyl halides is 10. The molecule has 0 aliphatic carbocycles. The Kier molecular flexibility index (Phi) is 21.6. The smallest absolute Gasteiger partial charge is 0.407 e. The molecule has 2 fully saturated rings. The Morgan fingerprint density at radius 2 is 1.40 bits per heavy atom. The van der Waals surface area contributed by atoms with Crippen LogP contribution in [0.2, 0.25) is 0 Å². The van der Waals surface area contributed by atoms with Crippen molar-refractivity contribution in [3.8, 4) is 23.1 Å². The van der Waals surface area contributed by atoms with E-state index in [1.165, 1.54) is 0 Å². The van der Waals surface area contributed by atoms with Crippen molar-refractivity contribution in [2.24, 2.45) is 22.5 Å².